The lowest BCUT2D eigenvalue weighted by molar-refractivity contribution is -0.196. The van der Waals surface area contributed by atoms with E-state index in [4.69, 9.17) is 10.5 Å². The maximum absolute atomic E-state index is 14.4. The Hall–Kier alpha value is -3.94. The first-order valence-corrected chi connectivity index (χ1v) is 23.6. The Balaban J connectivity index is 0.965. The van der Waals surface area contributed by atoms with E-state index in [1.165, 1.54) is 81.6 Å². The third-order valence-corrected chi connectivity index (χ3v) is 18.3. The van der Waals surface area contributed by atoms with Gasteiger partial charge in [-0.05, 0) is 123 Å². The zero-order valence-electron chi connectivity index (χ0n) is 38.3. The van der Waals surface area contributed by atoms with E-state index in [1.807, 2.05) is 0 Å². The zero-order valence-corrected chi connectivity index (χ0v) is 38.3. The first-order valence-electron chi connectivity index (χ1n) is 23.6. The number of aliphatic hydroxyl groups excluding tert-OH is 1. The van der Waals surface area contributed by atoms with Crippen LogP contribution in [0.25, 0.3) is 0 Å². The number of phenolic OH excluding ortho intramolecular Hbond substituents is 1. The van der Waals surface area contributed by atoms with E-state index in [2.05, 4.69) is 46.0 Å². The van der Waals surface area contributed by atoms with Gasteiger partial charge in [0.05, 0.1) is 35.2 Å². The molecule has 5 saturated carbocycles. The molecule has 1 aromatic carbocycles. The minimum absolute atomic E-state index is 0.0520. The number of fused-ring (bicyclic) bond motifs is 8. The smallest absolute Gasteiger partial charge is 0.412 e. The van der Waals surface area contributed by atoms with Crippen molar-refractivity contribution in [3.05, 3.63) is 34.9 Å². The lowest BCUT2D eigenvalue weighted by atomic mass is 9.47. The molecule has 63 heavy (non-hydrogen) atoms. The lowest BCUT2D eigenvalue weighted by Crippen LogP contribution is -2.77. The Bertz CT molecular complexity index is 2130. The fourth-order valence-corrected chi connectivity index (χ4v) is 15.1. The van der Waals surface area contributed by atoms with Crippen LogP contribution in [0.1, 0.15) is 134 Å². The van der Waals surface area contributed by atoms with Gasteiger partial charge in [0.2, 0.25) is 5.91 Å². The molecule has 1 aromatic rings. The van der Waals surface area contributed by atoms with Crippen molar-refractivity contribution >= 4 is 40.8 Å². The number of hydrogen-bond donors (Lipinski definition) is 5. The number of allylic oxidation sites excluding steroid dienone is 1. The highest BCUT2D eigenvalue weighted by Gasteiger charge is 2.73. The molecule has 344 valence electrons. The highest BCUT2D eigenvalue weighted by atomic mass is 16.6. The molecule has 0 aliphatic heterocycles. The Morgan fingerprint density at radius 1 is 0.984 bits per heavy atom. The monoisotopic (exact) mass is 871 g/mol. The van der Waals surface area contributed by atoms with Crippen molar-refractivity contribution in [2.45, 2.75) is 142 Å². The first kappa shape index (κ1) is 45.6. The second-order valence-corrected chi connectivity index (χ2v) is 22.0. The van der Waals surface area contributed by atoms with Crippen LogP contribution in [0.3, 0.4) is 0 Å². The van der Waals surface area contributed by atoms with E-state index in [1.54, 1.807) is 6.92 Å². The van der Waals surface area contributed by atoms with Gasteiger partial charge < -0.3 is 25.8 Å². The number of amides is 2. The number of primary amides is 1. The average molecular weight is 872 g/mol. The van der Waals surface area contributed by atoms with Crippen molar-refractivity contribution in [3.63, 3.8) is 0 Å². The SMILES string of the molecule is CC(C)CCC[C@H](C)[C@H]1CCC2C3CC=C4CC(OC(=O)Nc5ccc6c(c5O)C(=O)C5C(=O)[C@]7(O)C(=O)C(C(N)=O)C(=O)[C@@H](N(C)C)[C@@H]7[C@@H](O)[C@@H]5[C@H]6C)CC[C@]4(C)C3CC[C@@]21C. The Labute approximate surface area is 371 Å². The quantitative estimate of drug-likeness (QED) is 0.105. The number of aliphatic hydroxyl groups is 2. The number of nitrogens with two attached hydrogens (primary N) is 1. The molecule has 6 unspecified atom stereocenters. The fraction of sp³-hybridized carbons (Fsp3) is 0.720. The Morgan fingerprint density at radius 3 is 2.37 bits per heavy atom. The molecule has 7 aliphatic carbocycles. The van der Waals surface area contributed by atoms with Crippen molar-refractivity contribution in [1.82, 2.24) is 4.90 Å². The topological polar surface area (TPSA) is 214 Å². The highest BCUT2D eigenvalue weighted by Crippen LogP contribution is 2.67. The van der Waals surface area contributed by atoms with Crippen LogP contribution in [0.2, 0.25) is 0 Å². The number of anilines is 1. The zero-order chi connectivity index (χ0) is 45.8. The minimum atomic E-state index is -3.10. The summed E-state index contributed by atoms with van der Waals surface area (Å²) >= 11 is 0. The molecular weight excluding hydrogens is 803 g/mol. The summed E-state index contributed by atoms with van der Waals surface area (Å²) in [6, 6.07) is 1.50. The molecular formula is C50H69N3O10. The van der Waals surface area contributed by atoms with E-state index in [0.717, 1.165) is 36.5 Å². The summed E-state index contributed by atoms with van der Waals surface area (Å²) in [5.74, 6) is -10.0. The number of nitrogens with zero attached hydrogens (tertiary/aromatic N) is 1. The number of Topliss-reactive ketones (excluding diaryl/α,β-unsaturated/α-hetero) is 4. The number of aromatic hydroxyl groups is 1. The van der Waals surface area contributed by atoms with Gasteiger partial charge in [-0.15, -0.1) is 0 Å². The predicted octanol–water partition coefficient (Wildman–Crippen LogP) is 6.36. The van der Waals surface area contributed by atoms with Gasteiger partial charge in [-0.25, -0.2) is 4.79 Å². The van der Waals surface area contributed by atoms with Crippen molar-refractivity contribution in [3.8, 4) is 5.75 Å². The molecule has 5 fully saturated rings. The van der Waals surface area contributed by atoms with E-state index < -0.39 is 88.2 Å². The summed E-state index contributed by atoms with van der Waals surface area (Å²) in [6.07, 6.45) is 11.9. The Kier molecular flexibility index (Phi) is 11.7. The molecule has 0 bridgehead atoms. The number of ketones is 4. The predicted molar refractivity (Wildman–Crippen MR) is 234 cm³/mol. The second kappa shape index (κ2) is 16.2. The summed E-state index contributed by atoms with van der Waals surface area (Å²) in [7, 11) is 2.89. The normalized spacial score (nSPS) is 41.1. The number of carbonyl (C=O) groups excluding carboxylic acids is 6. The average Bonchev–Trinajstić information content (AvgIpc) is 3.57. The molecule has 0 saturated heterocycles. The van der Waals surface area contributed by atoms with E-state index in [9.17, 15) is 44.1 Å². The third-order valence-electron chi connectivity index (χ3n) is 18.3. The van der Waals surface area contributed by atoms with Gasteiger partial charge in [-0.1, -0.05) is 78.5 Å². The molecule has 13 nitrogen and oxygen atoms in total. The van der Waals surface area contributed by atoms with Gasteiger partial charge >= 0.3 is 6.09 Å². The van der Waals surface area contributed by atoms with Crippen LogP contribution in [-0.2, 0) is 23.9 Å². The number of rotatable bonds is 9. The standard InChI is InChI=1S/C50H69N3O10/c1-23(2)10-9-11-24(3)30-15-16-31-29-13-12-26-22-27(18-20-48(26,5)32(29)19-21-49(30,31)6)63-47(61)52-33-17-14-28-25(4)34-36(41(55)35(28)40(33)54)44(58)50(62)38(42(34)56)39(53(7)8)43(57)37(45(50)59)46(51)60/h12,14,17,23-25,27,29-32,34,36-39,42,54,56,62H,9-11,13,15-16,18-22H2,1-8H3,(H2,51,60)(H,52,61)/t24-,25-,27?,29?,30+,31?,32?,34+,36?,37?,38+,39-,42-,48-,49+,50-/m0/s1. The Morgan fingerprint density at radius 2 is 1.70 bits per heavy atom. The molecule has 7 aliphatic rings. The molecule has 16 atom stereocenters. The van der Waals surface area contributed by atoms with Gasteiger partial charge in [-0.2, -0.15) is 0 Å². The van der Waals surface area contributed by atoms with Gasteiger partial charge in [0.15, 0.2) is 34.7 Å². The van der Waals surface area contributed by atoms with Crippen LogP contribution in [0.4, 0.5) is 10.5 Å². The number of hydrogen-bond acceptors (Lipinski definition) is 11. The molecule has 2 amide bonds. The maximum atomic E-state index is 14.4. The number of nitrogens with one attached hydrogen (secondary N) is 1. The van der Waals surface area contributed by atoms with Gasteiger partial charge in [0, 0.05) is 12.3 Å². The fourth-order valence-electron chi connectivity index (χ4n) is 15.1. The van der Waals surface area contributed by atoms with Gasteiger partial charge in [0.1, 0.15) is 11.9 Å². The molecule has 13 heteroatoms. The summed E-state index contributed by atoms with van der Waals surface area (Å²) in [4.78, 5) is 83.1. The number of benzene rings is 1. The maximum Gasteiger partial charge on any atom is 0.412 e. The summed E-state index contributed by atoms with van der Waals surface area (Å²) < 4.78 is 6.00. The number of ether oxygens (including phenoxy) is 1. The second-order valence-electron chi connectivity index (χ2n) is 22.0. The van der Waals surface area contributed by atoms with Gasteiger partial charge in [-0.3, -0.25) is 34.2 Å². The number of carbonyl (C=O) groups is 6. The molecule has 6 N–H and O–H groups in total. The highest BCUT2D eigenvalue weighted by molar-refractivity contribution is 6.32. The first-order chi connectivity index (χ1) is 29.6. The van der Waals surface area contributed by atoms with Gasteiger partial charge in [0.25, 0.3) is 0 Å². The van der Waals surface area contributed by atoms with E-state index in [-0.39, 0.29) is 28.3 Å². The van der Waals surface area contributed by atoms with Crippen molar-refractivity contribution in [1.29, 1.82) is 0 Å². The van der Waals surface area contributed by atoms with Crippen molar-refractivity contribution in [2.24, 2.45) is 75.7 Å². The third kappa shape index (κ3) is 6.86. The minimum Gasteiger partial charge on any atom is -0.505 e. The van der Waals surface area contributed by atoms with Crippen LogP contribution in [-0.4, -0.2) is 93.3 Å². The van der Waals surface area contributed by atoms with Crippen LogP contribution in [0, 0.1) is 70.0 Å². The molecule has 0 heterocycles. The van der Waals surface area contributed by atoms with Crippen molar-refractivity contribution in [2.75, 3.05) is 19.4 Å². The van der Waals surface area contributed by atoms with Crippen LogP contribution in [0.15, 0.2) is 23.8 Å². The molecule has 0 radical (unpaired) electrons. The molecule has 0 aromatic heterocycles. The summed E-state index contributed by atoms with van der Waals surface area (Å²) in [5.41, 5.74) is 3.98. The summed E-state index contributed by atoms with van der Waals surface area (Å²) in [6.45, 7) is 13.8. The number of phenols is 1. The largest absolute Gasteiger partial charge is 0.505 e. The van der Waals surface area contributed by atoms with Crippen LogP contribution < -0.4 is 11.1 Å². The lowest BCUT2D eigenvalue weighted by Gasteiger charge is -2.58. The molecule has 0 spiro atoms. The summed E-state index contributed by atoms with van der Waals surface area (Å²) in [5, 5.41) is 38.1. The van der Waals surface area contributed by atoms with E-state index in [0.29, 0.717) is 30.1 Å². The number of likely N-dealkylation sites (N-methyl/N-ethyl adjacent to an activating group) is 1. The van der Waals surface area contributed by atoms with E-state index >= 15 is 0 Å². The molecule has 8 rings (SSSR count). The van der Waals surface area contributed by atoms with Crippen molar-refractivity contribution < 1.29 is 48.8 Å². The van der Waals surface area contributed by atoms with Crippen LogP contribution >= 0.6 is 0 Å². The van der Waals surface area contributed by atoms with Crippen LogP contribution in [0.5, 0.6) is 5.75 Å².